The van der Waals surface area contributed by atoms with Gasteiger partial charge in [-0.15, -0.1) is 0 Å². The van der Waals surface area contributed by atoms with Gasteiger partial charge in [0.15, 0.2) is 5.96 Å². The van der Waals surface area contributed by atoms with Gasteiger partial charge in [-0.05, 0) is 12.8 Å². The number of aliphatic carboxylic acids is 3. The van der Waals surface area contributed by atoms with Crippen molar-refractivity contribution in [2.75, 3.05) is 6.54 Å². The number of nitrogens with one attached hydrogen (secondary N) is 3. The second kappa shape index (κ2) is 15.4. The summed E-state index contributed by atoms with van der Waals surface area (Å²) in [4.78, 5) is 85.5. The van der Waals surface area contributed by atoms with Crippen molar-refractivity contribution in [3.8, 4) is 0 Å². The number of nitrogens with two attached hydrogens (primary N) is 4. The van der Waals surface area contributed by atoms with E-state index in [0.717, 1.165) is 0 Å². The molecule has 4 unspecified atom stereocenters. The van der Waals surface area contributed by atoms with Gasteiger partial charge >= 0.3 is 17.9 Å². The van der Waals surface area contributed by atoms with Crippen molar-refractivity contribution in [3.63, 3.8) is 0 Å². The molecule has 4 amide bonds. The first-order valence-corrected chi connectivity index (χ1v) is 10.3. The molecule has 0 aromatic heterocycles. The number of amides is 4. The van der Waals surface area contributed by atoms with Crippen molar-refractivity contribution in [3.05, 3.63) is 0 Å². The zero-order valence-corrected chi connectivity index (χ0v) is 19.0. The Morgan fingerprint density at radius 2 is 1.19 bits per heavy atom. The third-order valence-corrected chi connectivity index (χ3v) is 4.34. The predicted molar refractivity (Wildman–Crippen MR) is 120 cm³/mol. The monoisotopic (exact) mass is 518 g/mol. The maximum atomic E-state index is 12.8. The van der Waals surface area contributed by atoms with Crippen molar-refractivity contribution in [1.82, 2.24) is 16.0 Å². The molecule has 0 radical (unpaired) electrons. The fourth-order valence-electron chi connectivity index (χ4n) is 2.66. The van der Waals surface area contributed by atoms with Crippen LogP contribution in [-0.2, 0) is 33.6 Å². The number of carbonyl (C=O) groups excluding carboxylic acids is 4. The average molecular weight is 518 g/mol. The van der Waals surface area contributed by atoms with Gasteiger partial charge in [0.1, 0.15) is 18.1 Å². The Morgan fingerprint density at radius 1 is 0.694 bits per heavy atom. The van der Waals surface area contributed by atoms with Crippen LogP contribution in [0.4, 0.5) is 0 Å². The van der Waals surface area contributed by atoms with Gasteiger partial charge in [0.2, 0.25) is 23.6 Å². The molecule has 0 aliphatic rings. The Kier molecular flexibility index (Phi) is 13.5. The minimum atomic E-state index is -1.82. The Hall–Kier alpha value is -4.48. The van der Waals surface area contributed by atoms with Crippen molar-refractivity contribution in [1.29, 1.82) is 0 Å². The first-order valence-electron chi connectivity index (χ1n) is 10.3. The lowest BCUT2D eigenvalue weighted by molar-refractivity contribution is -0.144. The quantitative estimate of drug-likeness (QED) is 0.0489. The summed E-state index contributed by atoms with van der Waals surface area (Å²) in [5.41, 5.74) is 20.8. The summed E-state index contributed by atoms with van der Waals surface area (Å²) >= 11 is 0. The van der Waals surface area contributed by atoms with Gasteiger partial charge < -0.3 is 54.2 Å². The fraction of sp³-hybridized carbons (Fsp3) is 0.556. The highest BCUT2D eigenvalue weighted by Crippen LogP contribution is 2.04. The molecule has 18 heteroatoms. The third-order valence-electron chi connectivity index (χ3n) is 4.34. The molecule has 0 aromatic rings. The highest BCUT2D eigenvalue weighted by atomic mass is 16.4. The van der Waals surface area contributed by atoms with Crippen LogP contribution >= 0.6 is 0 Å². The van der Waals surface area contributed by atoms with E-state index >= 15 is 0 Å². The van der Waals surface area contributed by atoms with Crippen LogP contribution in [-0.4, -0.2) is 93.5 Å². The van der Waals surface area contributed by atoms with E-state index in [2.05, 4.69) is 15.6 Å². The molecule has 0 aliphatic heterocycles. The van der Waals surface area contributed by atoms with Crippen LogP contribution in [0.2, 0.25) is 0 Å². The summed E-state index contributed by atoms with van der Waals surface area (Å²) in [6.07, 6.45) is -2.59. The Morgan fingerprint density at radius 3 is 1.67 bits per heavy atom. The molecule has 0 fully saturated rings. The lowest BCUT2D eigenvalue weighted by atomic mass is 10.1. The van der Waals surface area contributed by atoms with Crippen LogP contribution in [0.3, 0.4) is 0 Å². The van der Waals surface area contributed by atoms with Gasteiger partial charge in [0.05, 0.1) is 25.3 Å². The van der Waals surface area contributed by atoms with Gasteiger partial charge in [-0.25, -0.2) is 4.79 Å². The minimum absolute atomic E-state index is 0.0234. The molecule has 36 heavy (non-hydrogen) atoms. The van der Waals surface area contributed by atoms with E-state index in [1.807, 2.05) is 5.32 Å². The zero-order valence-electron chi connectivity index (χ0n) is 19.0. The van der Waals surface area contributed by atoms with Crippen LogP contribution < -0.4 is 38.9 Å². The maximum Gasteiger partial charge on any atom is 0.326 e. The molecule has 14 N–H and O–H groups in total. The largest absolute Gasteiger partial charge is 0.481 e. The van der Waals surface area contributed by atoms with E-state index in [4.69, 9.17) is 38.3 Å². The summed E-state index contributed by atoms with van der Waals surface area (Å²) in [6, 6.07) is -6.59. The summed E-state index contributed by atoms with van der Waals surface area (Å²) in [7, 11) is 0. The number of hydrogen-bond donors (Lipinski definition) is 10. The standard InChI is InChI=1S/C18H30N8O10/c19-7(4-12(28)29)14(32)24-8(2-1-3-23-18(21)22)15(33)25-9(6-13(30)31)16(34)26-10(17(35)36)5-11(20)27/h7-10H,1-6,19H2,(H2,20,27)(H,24,32)(H,25,33)(H,26,34)(H,28,29)(H,30,31)(H,35,36)(H4,21,22,23). The smallest absolute Gasteiger partial charge is 0.326 e. The summed E-state index contributed by atoms with van der Waals surface area (Å²) in [6.45, 7) is 0.0234. The van der Waals surface area contributed by atoms with Gasteiger partial charge in [0.25, 0.3) is 0 Å². The molecule has 18 nitrogen and oxygen atoms in total. The number of guanidine groups is 1. The van der Waals surface area contributed by atoms with Crippen molar-refractivity contribution in [2.45, 2.75) is 56.3 Å². The maximum absolute atomic E-state index is 12.8. The molecular weight excluding hydrogens is 488 g/mol. The molecule has 4 atom stereocenters. The fourth-order valence-corrected chi connectivity index (χ4v) is 2.66. The first-order chi connectivity index (χ1) is 16.6. The molecule has 0 aromatic carbocycles. The van der Waals surface area contributed by atoms with Crippen molar-refractivity contribution >= 4 is 47.5 Å². The second-order valence-electron chi connectivity index (χ2n) is 7.44. The van der Waals surface area contributed by atoms with Crippen LogP contribution in [0.25, 0.3) is 0 Å². The number of rotatable bonds is 17. The van der Waals surface area contributed by atoms with Crippen LogP contribution in [0.15, 0.2) is 4.99 Å². The molecule has 0 rings (SSSR count). The van der Waals surface area contributed by atoms with Gasteiger partial charge in [-0.1, -0.05) is 0 Å². The van der Waals surface area contributed by atoms with Crippen molar-refractivity contribution < 1.29 is 48.9 Å². The topological polar surface area (TPSA) is 333 Å². The van der Waals surface area contributed by atoms with E-state index in [9.17, 15) is 33.6 Å². The number of carbonyl (C=O) groups is 7. The summed E-state index contributed by atoms with van der Waals surface area (Å²) in [5, 5.41) is 33.2. The highest BCUT2D eigenvalue weighted by molar-refractivity contribution is 5.96. The molecule has 0 heterocycles. The van der Waals surface area contributed by atoms with E-state index in [0.29, 0.717) is 0 Å². The molecule has 0 saturated heterocycles. The number of nitrogens with zero attached hydrogens (tertiary/aromatic N) is 1. The zero-order chi connectivity index (χ0) is 28.0. The summed E-state index contributed by atoms with van der Waals surface area (Å²) < 4.78 is 0. The second-order valence-corrected chi connectivity index (χ2v) is 7.44. The molecular formula is C18H30N8O10. The number of carboxylic acid groups (broad SMARTS) is 3. The molecule has 202 valence electrons. The van der Waals surface area contributed by atoms with Crippen LogP contribution in [0, 0.1) is 0 Å². The summed E-state index contributed by atoms with van der Waals surface area (Å²) in [5.74, 6) is -9.23. The lowest BCUT2D eigenvalue weighted by Crippen LogP contribution is -2.57. The van der Waals surface area contributed by atoms with E-state index in [1.165, 1.54) is 0 Å². The third kappa shape index (κ3) is 13.3. The number of carboxylic acids is 3. The normalized spacial score (nSPS) is 13.7. The van der Waals surface area contributed by atoms with Crippen LogP contribution in [0.5, 0.6) is 0 Å². The van der Waals surface area contributed by atoms with E-state index in [1.54, 1.807) is 0 Å². The van der Waals surface area contributed by atoms with Gasteiger partial charge in [-0.2, -0.15) is 0 Å². The van der Waals surface area contributed by atoms with E-state index in [-0.39, 0.29) is 25.3 Å². The Bertz CT molecular complexity index is 889. The highest BCUT2D eigenvalue weighted by Gasteiger charge is 2.32. The first kappa shape index (κ1) is 31.5. The SMILES string of the molecule is NC(=O)CC(NC(=O)C(CC(=O)O)NC(=O)C(CCCN=C(N)N)NC(=O)C(N)CC(=O)O)C(=O)O. The number of aliphatic imine (C=N–C) groups is 1. The number of primary amides is 1. The average Bonchev–Trinajstić information content (AvgIpc) is 2.73. The number of hydrogen-bond acceptors (Lipinski definition) is 9. The van der Waals surface area contributed by atoms with Gasteiger partial charge in [0, 0.05) is 6.54 Å². The van der Waals surface area contributed by atoms with Crippen molar-refractivity contribution in [2.24, 2.45) is 27.9 Å². The van der Waals surface area contributed by atoms with Crippen LogP contribution in [0.1, 0.15) is 32.1 Å². The lowest BCUT2D eigenvalue weighted by Gasteiger charge is -2.24. The minimum Gasteiger partial charge on any atom is -0.481 e. The van der Waals surface area contributed by atoms with Gasteiger partial charge in [-0.3, -0.25) is 33.8 Å². The molecule has 0 saturated carbocycles. The molecule has 0 aliphatic carbocycles. The molecule has 0 spiro atoms. The Balaban J connectivity index is 5.67. The molecule has 0 bridgehead atoms. The Labute approximate surface area is 203 Å². The van der Waals surface area contributed by atoms with E-state index < -0.39 is 85.0 Å². The predicted octanol–water partition coefficient (Wildman–Crippen LogP) is -5.27.